The molecule has 2 aromatic heterocycles. The number of carbonyl (C=O) groups is 1. The first kappa shape index (κ1) is 12.6. The molecule has 22 heavy (non-hydrogen) atoms. The molecule has 0 unspecified atom stereocenters. The smallest absolute Gasteiger partial charge is 0.343 e. The Kier molecular flexibility index (Phi) is 2.86. The average Bonchev–Trinajstić information content (AvgIpc) is 2.93. The van der Waals surface area contributed by atoms with Gasteiger partial charge in [-0.2, -0.15) is 0 Å². The van der Waals surface area contributed by atoms with E-state index < -0.39 is 0 Å². The molecular formula is C18H12N2O2. The highest BCUT2D eigenvalue weighted by Crippen LogP contribution is 2.25. The first-order chi connectivity index (χ1) is 10.8. The number of H-pyrrole nitrogens is 1. The van der Waals surface area contributed by atoms with Gasteiger partial charge in [0.15, 0.2) is 0 Å². The van der Waals surface area contributed by atoms with Crippen molar-refractivity contribution in [2.24, 2.45) is 0 Å². The van der Waals surface area contributed by atoms with E-state index in [1.54, 1.807) is 24.4 Å². The van der Waals surface area contributed by atoms with E-state index in [-0.39, 0.29) is 5.97 Å². The number of hydrogen-bond donors (Lipinski definition) is 1. The molecule has 1 N–H and O–H groups in total. The van der Waals surface area contributed by atoms with Crippen molar-refractivity contribution in [1.29, 1.82) is 0 Å². The number of aromatic amines is 1. The van der Waals surface area contributed by atoms with Crippen LogP contribution < -0.4 is 4.74 Å². The maximum atomic E-state index is 12.3. The van der Waals surface area contributed by atoms with E-state index in [1.807, 2.05) is 42.5 Å². The monoisotopic (exact) mass is 288 g/mol. The van der Waals surface area contributed by atoms with Gasteiger partial charge in [-0.25, -0.2) is 9.78 Å². The van der Waals surface area contributed by atoms with Crippen LogP contribution in [0.2, 0.25) is 0 Å². The second-order valence-electron chi connectivity index (χ2n) is 4.99. The van der Waals surface area contributed by atoms with Crippen molar-refractivity contribution in [2.75, 3.05) is 0 Å². The molecule has 0 aliphatic carbocycles. The Morgan fingerprint density at radius 2 is 1.82 bits per heavy atom. The number of aromatic nitrogens is 2. The van der Waals surface area contributed by atoms with Crippen molar-refractivity contribution in [3.05, 3.63) is 72.4 Å². The zero-order valence-electron chi connectivity index (χ0n) is 11.6. The Labute approximate surface area is 126 Å². The van der Waals surface area contributed by atoms with Crippen LogP contribution in [0.4, 0.5) is 0 Å². The number of nitrogens with zero attached hydrogens (tertiary/aromatic N) is 1. The zero-order valence-corrected chi connectivity index (χ0v) is 11.6. The van der Waals surface area contributed by atoms with Crippen LogP contribution in [-0.2, 0) is 0 Å². The molecule has 4 aromatic rings. The van der Waals surface area contributed by atoms with E-state index in [0.29, 0.717) is 11.3 Å². The molecule has 0 saturated heterocycles. The lowest BCUT2D eigenvalue weighted by atomic mass is 10.1. The average molecular weight is 288 g/mol. The molecule has 0 fully saturated rings. The van der Waals surface area contributed by atoms with Gasteiger partial charge in [-0.1, -0.05) is 18.2 Å². The summed E-state index contributed by atoms with van der Waals surface area (Å²) in [5.74, 6) is 0.166. The first-order valence-electron chi connectivity index (χ1n) is 6.95. The van der Waals surface area contributed by atoms with Crippen LogP contribution in [0.5, 0.6) is 5.75 Å². The molecule has 0 amide bonds. The second kappa shape index (κ2) is 5.00. The lowest BCUT2D eigenvalue weighted by molar-refractivity contribution is 0.0735. The van der Waals surface area contributed by atoms with E-state index in [4.69, 9.17) is 4.74 Å². The van der Waals surface area contributed by atoms with Gasteiger partial charge in [0.2, 0.25) is 0 Å². The van der Waals surface area contributed by atoms with Gasteiger partial charge in [0.1, 0.15) is 11.4 Å². The highest BCUT2D eigenvalue weighted by atomic mass is 16.5. The molecule has 4 heteroatoms. The van der Waals surface area contributed by atoms with Crippen LogP contribution in [-0.4, -0.2) is 15.9 Å². The number of para-hydroxylation sites is 1. The van der Waals surface area contributed by atoms with Crippen molar-refractivity contribution >= 4 is 27.9 Å². The second-order valence-corrected chi connectivity index (χ2v) is 4.99. The molecule has 4 rings (SSSR count). The maximum absolute atomic E-state index is 12.3. The molecule has 0 spiro atoms. The summed E-state index contributed by atoms with van der Waals surface area (Å²) in [6, 6.07) is 18.4. The van der Waals surface area contributed by atoms with E-state index in [2.05, 4.69) is 9.97 Å². The third-order valence-electron chi connectivity index (χ3n) is 3.56. The van der Waals surface area contributed by atoms with Crippen molar-refractivity contribution in [3.8, 4) is 5.75 Å². The van der Waals surface area contributed by atoms with E-state index in [1.165, 1.54) is 0 Å². The van der Waals surface area contributed by atoms with Gasteiger partial charge in [0.05, 0.1) is 5.56 Å². The Hall–Kier alpha value is -3.14. The summed E-state index contributed by atoms with van der Waals surface area (Å²) >= 11 is 0. The largest absolute Gasteiger partial charge is 0.423 e. The van der Waals surface area contributed by atoms with Gasteiger partial charge in [-0.05, 0) is 42.5 Å². The number of nitrogens with one attached hydrogen (secondary N) is 1. The topological polar surface area (TPSA) is 55.0 Å². The number of ether oxygens (including phenoxy) is 1. The van der Waals surface area contributed by atoms with E-state index in [0.717, 1.165) is 21.9 Å². The number of rotatable bonds is 2. The molecule has 0 atom stereocenters. The molecule has 106 valence electrons. The first-order valence-corrected chi connectivity index (χ1v) is 6.95. The van der Waals surface area contributed by atoms with Crippen molar-refractivity contribution in [1.82, 2.24) is 9.97 Å². The zero-order chi connectivity index (χ0) is 14.9. The summed E-state index contributed by atoms with van der Waals surface area (Å²) in [6.45, 7) is 0. The van der Waals surface area contributed by atoms with Gasteiger partial charge in [-0.15, -0.1) is 0 Å². The minimum Gasteiger partial charge on any atom is -0.423 e. The van der Waals surface area contributed by atoms with Gasteiger partial charge in [0.25, 0.3) is 0 Å². The standard InChI is InChI=1S/C18H12N2O2/c21-18(22-13-5-2-1-3-6-13)12-8-9-16-15(11-12)14-7-4-10-19-17(14)20-16/h1-11H,(H,19,20). The molecule has 4 nitrogen and oxygen atoms in total. The van der Waals surface area contributed by atoms with Crippen LogP contribution in [0.3, 0.4) is 0 Å². The Morgan fingerprint density at radius 3 is 2.68 bits per heavy atom. The van der Waals surface area contributed by atoms with Crippen LogP contribution in [0.15, 0.2) is 66.9 Å². The summed E-state index contributed by atoms with van der Waals surface area (Å²) in [4.78, 5) is 19.8. The minimum atomic E-state index is -0.369. The Bertz CT molecular complexity index is 974. The summed E-state index contributed by atoms with van der Waals surface area (Å²) in [5.41, 5.74) is 2.28. The SMILES string of the molecule is O=C(Oc1ccccc1)c1ccc2[nH]c3ncccc3c2c1. The summed E-state index contributed by atoms with van der Waals surface area (Å²) in [6.07, 6.45) is 1.74. The lowest BCUT2D eigenvalue weighted by Crippen LogP contribution is -2.08. The highest BCUT2D eigenvalue weighted by molar-refractivity contribution is 6.08. The predicted octanol–water partition coefficient (Wildman–Crippen LogP) is 3.94. The van der Waals surface area contributed by atoms with Crippen LogP contribution in [0, 0.1) is 0 Å². The molecule has 0 aliphatic heterocycles. The third kappa shape index (κ3) is 2.11. The number of benzene rings is 2. The molecule has 2 aromatic carbocycles. The molecule has 0 saturated carbocycles. The van der Waals surface area contributed by atoms with E-state index >= 15 is 0 Å². The van der Waals surface area contributed by atoms with Crippen molar-refractivity contribution in [2.45, 2.75) is 0 Å². The van der Waals surface area contributed by atoms with Crippen molar-refractivity contribution in [3.63, 3.8) is 0 Å². The summed E-state index contributed by atoms with van der Waals surface area (Å²) < 4.78 is 5.37. The number of hydrogen-bond acceptors (Lipinski definition) is 3. The molecule has 0 bridgehead atoms. The lowest BCUT2D eigenvalue weighted by Gasteiger charge is -2.04. The number of fused-ring (bicyclic) bond motifs is 3. The van der Waals surface area contributed by atoms with Crippen LogP contribution in [0.1, 0.15) is 10.4 Å². The van der Waals surface area contributed by atoms with E-state index in [9.17, 15) is 4.79 Å². The summed E-state index contributed by atoms with van der Waals surface area (Å²) in [7, 11) is 0. The fraction of sp³-hybridized carbons (Fsp3) is 0. The summed E-state index contributed by atoms with van der Waals surface area (Å²) in [5, 5.41) is 1.96. The number of carbonyl (C=O) groups excluding carboxylic acids is 1. The van der Waals surface area contributed by atoms with Crippen LogP contribution >= 0.6 is 0 Å². The van der Waals surface area contributed by atoms with Gasteiger partial charge in [0, 0.05) is 22.5 Å². The molecule has 0 aliphatic rings. The van der Waals surface area contributed by atoms with Gasteiger partial charge >= 0.3 is 5.97 Å². The third-order valence-corrected chi connectivity index (χ3v) is 3.56. The molecule has 0 radical (unpaired) electrons. The predicted molar refractivity (Wildman–Crippen MR) is 85.0 cm³/mol. The Balaban J connectivity index is 1.75. The number of esters is 1. The van der Waals surface area contributed by atoms with Gasteiger partial charge in [-0.3, -0.25) is 0 Å². The molecular weight excluding hydrogens is 276 g/mol. The minimum absolute atomic E-state index is 0.369. The highest BCUT2D eigenvalue weighted by Gasteiger charge is 2.11. The van der Waals surface area contributed by atoms with Crippen LogP contribution in [0.25, 0.3) is 21.9 Å². The quantitative estimate of drug-likeness (QED) is 0.449. The maximum Gasteiger partial charge on any atom is 0.343 e. The fourth-order valence-corrected chi connectivity index (χ4v) is 2.51. The van der Waals surface area contributed by atoms with Crippen molar-refractivity contribution < 1.29 is 9.53 Å². The van der Waals surface area contributed by atoms with Gasteiger partial charge < -0.3 is 9.72 Å². The molecule has 2 heterocycles. The fourth-order valence-electron chi connectivity index (χ4n) is 2.51. The normalized spacial score (nSPS) is 10.9. The Morgan fingerprint density at radius 1 is 0.955 bits per heavy atom. The number of pyridine rings is 1.